The van der Waals surface area contributed by atoms with Crippen LogP contribution in [0.15, 0.2) is 41.4 Å². The molecule has 1 aromatic carbocycles. The molecular weight excluding hydrogens is 250 g/mol. The first-order valence-electron chi connectivity index (χ1n) is 5.23. The van der Waals surface area contributed by atoms with Crippen molar-refractivity contribution in [2.75, 3.05) is 5.73 Å². The number of hydrogen-bond donors (Lipinski definition) is 2. The summed E-state index contributed by atoms with van der Waals surface area (Å²) >= 11 is 0. The van der Waals surface area contributed by atoms with Gasteiger partial charge in [-0.3, -0.25) is 4.98 Å². The second kappa shape index (κ2) is 4.40. The van der Waals surface area contributed by atoms with Gasteiger partial charge in [-0.2, -0.15) is 0 Å². The van der Waals surface area contributed by atoms with Crippen molar-refractivity contribution in [1.29, 1.82) is 0 Å². The van der Waals surface area contributed by atoms with Gasteiger partial charge in [-0.15, -0.1) is 0 Å². The van der Waals surface area contributed by atoms with Crippen molar-refractivity contribution in [1.82, 2.24) is 4.98 Å². The molecule has 0 fully saturated rings. The number of hydrogen-bond acceptors (Lipinski definition) is 4. The molecule has 18 heavy (non-hydrogen) atoms. The summed E-state index contributed by atoms with van der Waals surface area (Å²) in [4.78, 5) is 4.14. The molecule has 0 bridgehead atoms. The second-order valence-electron chi connectivity index (χ2n) is 3.99. The molecule has 1 aromatic heterocycles. The Morgan fingerprint density at radius 1 is 1.17 bits per heavy atom. The normalized spacial score (nSPS) is 11.4. The van der Waals surface area contributed by atoms with Gasteiger partial charge in [0.05, 0.1) is 4.90 Å². The summed E-state index contributed by atoms with van der Waals surface area (Å²) in [7, 11) is -3.82. The van der Waals surface area contributed by atoms with E-state index in [0.29, 0.717) is 16.8 Å². The second-order valence-corrected chi connectivity index (χ2v) is 5.52. The van der Waals surface area contributed by atoms with Gasteiger partial charge in [-0.05, 0) is 25.1 Å². The van der Waals surface area contributed by atoms with Gasteiger partial charge in [0, 0.05) is 28.7 Å². The third kappa shape index (κ3) is 2.49. The number of sulfonamides is 1. The zero-order valence-electron chi connectivity index (χ0n) is 9.79. The standard InChI is InChI=1S/C12H13N3O2S/c1-8-2-3-9(7-15-8)11-5-4-10(13)6-12(11)18(14,16)17/h2-7H,13H2,1H3,(H2,14,16,17). The van der Waals surface area contributed by atoms with Crippen LogP contribution < -0.4 is 10.9 Å². The van der Waals surface area contributed by atoms with Crippen molar-refractivity contribution < 1.29 is 8.42 Å². The third-order valence-corrected chi connectivity index (χ3v) is 3.49. The lowest BCUT2D eigenvalue weighted by Gasteiger charge is -2.08. The summed E-state index contributed by atoms with van der Waals surface area (Å²) < 4.78 is 23.1. The van der Waals surface area contributed by atoms with E-state index in [9.17, 15) is 8.42 Å². The highest BCUT2D eigenvalue weighted by molar-refractivity contribution is 7.89. The third-order valence-electron chi connectivity index (χ3n) is 2.53. The maximum atomic E-state index is 11.5. The molecule has 0 amide bonds. The first kappa shape index (κ1) is 12.5. The van der Waals surface area contributed by atoms with Crippen LogP contribution in [0.25, 0.3) is 11.1 Å². The fourth-order valence-corrected chi connectivity index (χ4v) is 2.43. The highest BCUT2D eigenvalue weighted by Gasteiger charge is 2.15. The molecular formula is C12H13N3O2S. The summed E-state index contributed by atoms with van der Waals surface area (Å²) in [6, 6.07) is 8.21. The van der Waals surface area contributed by atoms with Crippen molar-refractivity contribution in [2.45, 2.75) is 11.8 Å². The molecule has 0 saturated carbocycles. The summed E-state index contributed by atoms with van der Waals surface area (Å²) in [5.41, 5.74) is 7.98. The van der Waals surface area contributed by atoms with Crippen molar-refractivity contribution in [3.05, 3.63) is 42.2 Å². The van der Waals surface area contributed by atoms with Crippen molar-refractivity contribution in [2.24, 2.45) is 5.14 Å². The first-order chi connectivity index (χ1) is 8.38. The lowest BCUT2D eigenvalue weighted by atomic mass is 10.1. The molecule has 2 aromatic rings. The molecule has 94 valence electrons. The van der Waals surface area contributed by atoms with Gasteiger partial charge in [-0.25, -0.2) is 13.6 Å². The average molecular weight is 263 g/mol. The van der Waals surface area contributed by atoms with E-state index in [-0.39, 0.29) is 4.90 Å². The van der Waals surface area contributed by atoms with Crippen LogP contribution in [0.3, 0.4) is 0 Å². The van der Waals surface area contributed by atoms with Crippen LogP contribution in [0.4, 0.5) is 5.69 Å². The molecule has 0 radical (unpaired) electrons. The molecule has 1 heterocycles. The van der Waals surface area contributed by atoms with E-state index in [4.69, 9.17) is 10.9 Å². The minimum Gasteiger partial charge on any atom is -0.399 e. The summed E-state index contributed by atoms with van der Waals surface area (Å²) in [6.07, 6.45) is 1.61. The van der Waals surface area contributed by atoms with E-state index in [1.165, 1.54) is 6.07 Å². The predicted molar refractivity (Wildman–Crippen MR) is 70.2 cm³/mol. The van der Waals surface area contributed by atoms with E-state index in [1.807, 2.05) is 6.92 Å². The monoisotopic (exact) mass is 263 g/mol. The number of primary sulfonamides is 1. The Labute approximate surface area is 106 Å². The minimum atomic E-state index is -3.82. The fraction of sp³-hybridized carbons (Fsp3) is 0.0833. The molecule has 4 N–H and O–H groups in total. The Morgan fingerprint density at radius 2 is 1.89 bits per heavy atom. The van der Waals surface area contributed by atoms with Crippen LogP contribution in [-0.4, -0.2) is 13.4 Å². The lowest BCUT2D eigenvalue weighted by molar-refractivity contribution is 0.598. The maximum Gasteiger partial charge on any atom is 0.238 e. The van der Waals surface area contributed by atoms with Crippen molar-refractivity contribution in [3.63, 3.8) is 0 Å². The van der Waals surface area contributed by atoms with E-state index < -0.39 is 10.0 Å². The van der Waals surface area contributed by atoms with Gasteiger partial charge >= 0.3 is 0 Å². The highest BCUT2D eigenvalue weighted by atomic mass is 32.2. The van der Waals surface area contributed by atoms with Crippen LogP contribution in [0, 0.1) is 6.92 Å². The summed E-state index contributed by atoms with van der Waals surface area (Å²) in [6.45, 7) is 1.85. The minimum absolute atomic E-state index is 0.00755. The van der Waals surface area contributed by atoms with Crippen LogP contribution >= 0.6 is 0 Å². The molecule has 0 aliphatic rings. The molecule has 0 aliphatic carbocycles. The van der Waals surface area contributed by atoms with Crippen molar-refractivity contribution in [3.8, 4) is 11.1 Å². The topological polar surface area (TPSA) is 99.1 Å². The largest absolute Gasteiger partial charge is 0.399 e. The quantitative estimate of drug-likeness (QED) is 0.797. The lowest BCUT2D eigenvalue weighted by Crippen LogP contribution is -2.13. The molecule has 2 rings (SSSR count). The average Bonchev–Trinajstić information content (AvgIpc) is 2.29. The number of aromatic nitrogens is 1. The van der Waals surface area contributed by atoms with Crippen LogP contribution in [0.5, 0.6) is 0 Å². The Kier molecular flexibility index (Phi) is 3.06. The Bertz CT molecular complexity index is 679. The number of nitrogens with zero attached hydrogens (tertiary/aromatic N) is 1. The number of aryl methyl sites for hydroxylation is 1. The van der Waals surface area contributed by atoms with Crippen LogP contribution in [0.1, 0.15) is 5.69 Å². The molecule has 0 saturated heterocycles. The summed E-state index contributed by atoms with van der Waals surface area (Å²) in [5, 5.41) is 5.19. The number of anilines is 1. The number of rotatable bonds is 2. The van der Waals surface area contributed by atoms with E-state index >= 15 is 0 Å². The molecule has 6 heteroatoms. The molecule has 0 spiro atoms. The maximum absolute atomic E-state index is 11.5. The molecule has 0 atom stereocenters. The summed E-state index contributed by atoms with van der Waals surface area (Å²) in [5.74, 6) is 0. The Morgan fingerprint density at radius 3 is 2.44 bits per heavy atom. The fourth-order valence-electron chi connectivity index (χ4n) is 1.64. The highest BCUT2D eigenvalue weighted by Crippen LogP contribution is 2.27. The molecule has 0 unspecified atom stereocenters. The van der Waals surface area contributed by atoms with Gasteiger partial charge in [0.1, 0.15) is 0 Å². The van der Waals surface area contributed by atoms with E-state index in [1.54, 1.807) is 30.5 Å². The first-order valence-corrected chi connectivity index (χ1v) is 6.78. The number of pyridine rings is 1. The smallest absolute Gasteiger partial charge is 0.238 e. The van der Waals surface area contributed by atoms with Crippen LogP contribution in [-0.2, 0) is 10.0 Å². The number of nitrogen functional groups attached to an aromatic ring is 1. The predicted octanol–water partition coefficient (Wildman–Crippen LogP) is 1.29. The molecule has 0 aliphatic heterocycles. The van der Waals surface area contributed by atoms with Crippen LogP contribution in [0.2, 0.25) is 0 Å². The van der Waals surface area contributed by atoms with Gasteiger partial charge in [0.15, 0.2) is 0 Å². The Hall–Kier alpha value is -1.92. The van der Waals surface area contributed by atoms with Gasteiger partial charge in [0.2, 0.25) is 10.0 Å². The van der Waals surface area contributed by atoms with E-state index in [2.05, 4.69) is 4.98 Å². The van der Waals surface area contributed by atoms with Gasteiger partial charge in [-0.1, -0.05) is 12.1 Å². The zero-order valence-corrected chi connectivity index (χ0v) is 10.6. The number of benzene rings is 1. The Balaban J connectivity index is 2.68. The number of nitrogens with two attached hydrogens (primary N) is 2. The molecule has 5 nitrogen and oxygen atoms in total. The SMILES string of the molecule is Cc1ccc(-c2ccc(N)cc2S(N)(=O)=O)cn1. The zero-order chi connectivity index (χ0) is 13.3. The van der Waals surface area contributed by atoms with Gasteiger partial charge < -0.3 is 5.73 Å². The van der Waals surface area contributed by atoms with Gasteiger partial charge in [0.25, 0.3) is 0 Å². The van der Waals surface area contributed by atoms with Crippen molar-refractivity contribution >= 4 is 15.7 Å². The van der Waals surface area contributed by atoms with E-state index in [0.717, 1.165) is 5.69 Å².